The van der Waals surface area contributed by atoms with Crippen molar-refractivity contribution in [3.05, 3.63) is 39.4 Å². The number of alkyl halides is 6. The van der Waals surface area contributed by atoms with E-state index >= 15 is 0 Å². The number of hydrogen-bond acceptors (Lipinski definition) is 2. The number of halogens is 6. The second kappa shape index (κ2) is 4.51. The largest absolute Gasteiger partial charge is 0.423 e. The summed E-state index contributed by atoms with van der Waals surface area (Å²) in [5.74, 6) is 0. The average Bonchev–Trinajstić information content (AvgIpc) is 2.13. The van der Waals surface area contributed by atoms with Crippen molar-refractivity contribution in [2.24, 2.45) is 0 Å². The second-order valence-corrected chi connectivity index (χ2v) is 5.23. The monoisotopic (exact) mass is 307 g/mol. The lowest BCUT2D eigenvalue weighted by Crippen LogP contribution is -2.16. The van der Waals surface area contributed by atoms with Crippen molar-refractivity contribution < 1.29 is 18.1 Å². The summed E-state index contributed by atoms with van der Waals surface area (Å²) < 4.78 is 35.8. The first-order chi connectivity index (χ1) is 7.55. The van der Waals surface area contributed by atoms with E-state index in [2.05, 4.69) is 0 Å². The van der Waals surface area contributed by atoms with Crippen LogP contribution in [0.3, 0.4) is 0 Å². The normalized spacial score (nSPS) is 12.6. The number of rotatable bonds is 1. The van der Waals surface area contributed by atoms with Gasteiger partial charge in [0, 0.05) is 11.6 Å². The lowest BCUT2D eigenvalue weighted by molar-refractivity contribution is -0.388. The Morgan fingerprint density at radius 2 is 1.71 bits per heavy atom. The van der Waals surface area contributed by atoms with Crippen LogP contribution in [0, 0.1) is 10.1 Å². The van der Waals surface area contributed by atoms with Gasteiger partial charge in [0.2, 0.25) is 3.79 Å². The third-order valence-electron chi connectivity index (χ3n) is 1.83. The van der Waals surface area contributed by atoms with Gasteiger partial charge < -0.3 is 0 Å². The summed E-state index contributed by atoms with van der Waals surface area (Å²) >= 11 is 16.1. The minimum Gasteiger partial charge on any atom is -0.258 e. The Balaban J connectivity index is 3.64. The van der Waals surface area contributed by atoms with Crippen LogP contribution in [-0.2, 0) is 9.97 Å². The molecule has 0 aliphatic carbocycles. The highest BCUT2D eigenvalue weighted by Crippen LogP contribution is 2.47. The lowest BCUT2D eigenvalue weighted by atomic mass is 10.1. The smallest absolute Gasteiger partial charge is 0.258 e. The summed E-state index contributed by atoms with van der Waals surface area (Å²) in [5.41, 5.74) is -3.48. The molecule has 0 amide bonds. The number of nitro benzene ring substituents is 1. The second-order valence-electron chi connectivity index (χ2n) is 2.95. The van der Waals surface area contributed by atoms with Crippen molar-refractivity contribution in [2.45, 2.75) is 9.97 Å². The third kappa shape index (κ3) is 3.14. The molecule has 1 rings (SSSR count). The standard InChI is InChI=1S/C8H3Cl3F3NO2/c9-7(10,11)4-2-1-3-5(15(16)17)6(4)8(12,13)14/h1-3H. The Kier molecular flexibility index (Phi) is 3.81. The first kappa shape index (κ1) is 14.3. The number of hydrogen-bond donors (Lipinski definition) is 0. The molecule has 0 saturated heterocycles. The Morgan fingerprint density at radius 3 is 2.06 bits per heavy atom. The molecule has 0 radical (unpaired) electrons. The molecule has 0 N–H and O–H groups in total. The van der Waals surface area contributed by atoms with Crippen LogP contribution in [0.5, 0.6) is 0 Å². The molecular formula is C8H3Cl3F3NO2. The molecule has 17 heavy (non-hydrogen) atoms. The molecule has 1 aromatic rings. The maximum Gasteiger partial charge on any atom is 0.423 e. The van der Waals surface area contributed by atoms with E-state index in [1.807, 2.05) is 0 Å². The summed E-state index contributed by atoms with van der Waals surface area (Å²) in [6.45, 7) is 0. The maximum absolute atomic E-state index is 12.7. The molecule has 3 nitrogen and oxygen atoms in total. The fourth-order valence-corrected chi connectivity index (χ4v) is 1.70. The fourth-order valence-electron chi connectivity index (χ4n) is 1.23. The zero-order valence-corrected chi connectivity index (χ0v) is 10.0. The summed E-state index contributed by atoms with van der Waals surface area (Å²) in [6, 6.07) is 2.59. The molecule has 0 aromatic heterocycles. The van der Waals surface area contributed by atoms with E-state index in [-0.39, 0.29) is 0 Å². The maximum atomic E-state index is 12.7. The van der Waals surface area contributed by atoms with Crippen LogP contribution in [-0.4, -0.2) is 4.92 Å². The Labute approximate surface area is 108 Å². The van der Waals surface area contributed by atoms with Crippen LogP contribution in [0.15, 0.2) is 18.2 Å². The van der Waals surface area contributed by atoms with Crippen LogP contribution in [0.25, 0.3) is 0 Å². The molecule has 0 aliphatic rings. The Morgan fingerprint density at radius 1 is 1.18 bits per heavy atom. The van der Waals surface area contributed by atoms with E-state index in [9.17, 15) is 23.3 Å². The van der Waals surface area contributed by atoms with Crippen molar-refractivity contribution in [1.29, 1.82) is 0 Å². The van der Waals surface area contributed by atoms with Crippen LogP contribution in [0.2, 0.25) is 0 Å². The van der Waals surface area contributed by atoms with Gasteiger partial charge in [0.1, 0.15) is 5.56 Å². The van der Waals surface area contributed by atoms with E-state index in [1.54, 1.807) is 0 Å². The lowest BCUT2D eigenvalue weighted by Gasteiger charge is -2.17. The molecule has 0 atom stereocenters. The minimum absolute atomic E-state index is 0.697. The molecule has 0 unspecified atom stereocenters. The molecular weight excluding hydrogens is 305 g/mol. The third-order valence-corrected chi connectivity index (χ3v) is 2.44. The first-order valence-corrected chi connectivity index (χ1v) is 5.10. The summed E-state index contributed by atoms with van der Waals surface area (Å²) in [4.78, 5) is 9.35. The molecule has 0 aliphatic heterocycles. The van der Waals surface area contributed by atoms with Gasteiger partial charge in [-0.3, -0.25) is 10.1 Å². The van der Waals surface area contributed by atoms with Crippen molar-refractivity contribution in [2.75, 3.05) is 0 Å². The van der Waals surface area contributed by atoms with Gasteiger partial charge in [-0.25, -0.2) is 0 Å². The van der Waals surface area contributed by atoms with Crippen LogP contribution >= 0.6 is 34.8 Å². The van der Waals surface area contributed by atoms with Gasteiger partial charge in [-0.1, -0.05) is 46.9 Å². The Hall–Kier alpha value is -0.720. The summed E-state index contributed by atoms with van der Waals surface area (Å²) in [5, 5.41) is 10.5. The number of nitrogens with zero attached hydrogens (tertiary/aromatic N) is 1. The topological polar surface area (TPSA) is 43.1 Å². The SMILES string of the molecule is O=[N+]([O-])c1cccc(C(Cl)(Cl)Cl)c1C(F)(F)F. The molecule has 0 fully saturated rings. The van der Waals surface area contributed by atoms with Gasteiger partial charge in [0.05, 0.1) is 4.92 Å². The Bertz CT molecular complexity index is 456. The highest BCUT2D eigenvalue weighted by molar-refractivity contribution is 6.66. The van der Waals surface area contributed by atoms with E-state index in [1.165, 1.54) is 0 Å². The van der Waals surface area contributed by atoms with Crippen molar-refractivity contribution >= 4 is 40.5 Å². The molecule has 0 saturated carbocycles. The van der Waals surface area contributed by atoms with E-state index < -0.39 is 31.7 Å². The quantitative estimate of drug-likeness (QED) is 0.437. The van der Waals surface area contributed by atoms with E-state index in [4.69, 9.17) is 34.8 Å². The van der Waals surface area contributed by atoms with E-state index in [0.717, 1.165) is 12.1 Å². The highest BCUT2D eigenvalue weighted by atomic mass is 35.6. The molecule has 0 heterocycles. The highest BCUT2D eigenvalue weighted by Gasteiger charge is 2.45. The van der Waals surface area contributed by atoms with Crippen molar-refractivity contribution in [3.8, 4) is 0 Å². The van der Waals surface area contributed by atoms with Crippen molar-refractivity contribution in [1.82, 2.24) is 0 Å². The van der Waals surface area contributed by atoms with Crippen LogP contribution in [0.4, 0.5) is 18.9 Å². The van der Waals surface area contributed by atoms with Gasteiger partial charge in [-0.05, 0) is 0 Å². The predicted octanol–water partition coefficient (Wildman–Crippen LogP) is 4.44. The van der Waals surface area contributed by atoms with Crippen molar-refractivity contribution in [3.63, 3.8) is 0 Å². The molecule has 0 spiro atoms. The minimum atomic E-state index is -4.98. The summed E-state index contributed by atoms with van der Waals surface area (Å²) in [7, 11) is 0. The van der Waals surface area contributed by atoms with Crippen LogP contribution < -0.4 is 0 Å². The number of benzene rings is 1. The average molecular weight is 308 g/mol. The van der Waals surface area contributed by atoms with Gasteiger partial charge in [0.25, 0.3) is 5.69 Å². The van der Waals surface area contributed by atoms with Gasteiger partial charge >= 0.3 is 6.18 Å². The fraction of sp³-hybridized carbons (Fsp3) is 0.250. The first-order valence-electron chi connectivity index (χ1n) is 3.97. The van der Waals surface area contributed by atoms with Gasteiger partial charge in [-0.15, -0.1) is 0 Å². The van der Waals surface area contributed by atoms with Gasteiger partial charge in [0.15, 0.2) is 0 Å². The zero-order chi connectivity index (χ0) is 13.4. The van der Waals surface area contributed by atoms with E-state index in [0.29, 0.717) is 6.07 Å². The van der Waals surface area contributed by atoms with Crippen LogP contribution in [0.1, 0.15) is 11.1 Å². The zero-order valence-electron chi connectivity index (χ0n) is 7.76. The predicted molar refractivity (Wildman–Crippen MR) is 57.3 cm³/mol. The molecule has 94 valence electrons. The number of nitro groups is 1. The molecule has 1 aromatic carbocycles. The molecule has 9 heteroatoms. The van der Waals surface area contributed by atoms with Gasteiger partial charge in [-0.2, -0.15) is 13.2 Å². The molecule has 0 bridgehead atoms. The summed E-state index contributed by atoms with van der Waals surface area (Å²) in [6.07, 6.45) is -4.98.